The molecule has 0 saturated heterocycles. The molecule has 1 heterocycles. The molecule has 2 aromatic carbocycles. The Balaban J connectivity index is 1.96. The van der Waals surface area contributed by atoms with Gasteiger partial charge in [-0.1, -0.05) is 30.3 Å². The number of amides is 2. The molecule has 29 heavy (non-hydrogen) atoms. The normalized spacial score (nSPS) is 14.1. The first kappa shape index (κ1) is 20.6. The molecular formula is C20H21N3O5S. The Bertz CT molecular complexity index is 1050. The topological polar surface area (TPSA) is 107 Å². The summed E-state index contributed by atoms with van der Waals surface area (Å²) in [5.74, 6) is -1.18. The lowest BCUT2D eigenvalue weighted by Crippen LogP contribution is -2.34. The van der Waals surface area contributed by atoms with Crippen LogP contribution in [0, 0.1) is 0 Å². The van der Waals surface area contributed by atoms with E-state index in [1.165, 1.54) is 16.4 Å². The molecule has 0 aromatic heterocycles. The summed E-state index contributed by atoms with van der Waals surface area (Å²) in [5.41, 5.74) is 0.652. The molecule has 2 aromatic rings. The summed E-state index contributed by atoms with van der Waals surface area (Å²) in [6.07, 6.45) is 1.09. The van der Waals surface area contributed by atoms with Gasteiger partial charge < -0.3 is 10.4 Å². The maximum Gasteiger partial charge on any atom is 0.277 e. The number of nitrogens with one attached hydrogen (secondary N) is 1. The van der Waals surface area contributed by atoms with E-state index in [0.29, 0.717) is 5.69 Å². The third-order valence-electron chi connectivity index (χ3n) is 4.39. The minimum absolute atomic E-state index is 0.0209. The minimum Gasteiger partial charge on any atom is -0.395 e. The number of carbonyl (C=O) groups excluding carboxylic acids is 2. The number of para-hydroxylation sites is 2. The second-order valence-electron chi connectivity index (χ2n) is 6.20. The van der Waals surface area contributed by atoms with Crippen LogP contribution in [0.15, 0.2) is 71.3 Å². The van der Waals surface area contributed by atoms with Crippen LogP contribution < -0.4 is 9.62 Å². The number of carbonyl (C=O) groups is 2. The molecule has 0 fully saturated rings. The smallest absolute Gasteiger partial charge is 0.277 e. The Morgan fingerprint density at radius 2 is 1.69 bits per heavy atom. The van der Waals surface area contributed by atoms with Crippen molar-refractivity contribution in [1.82, 2.24) is 4.90 Å². The SMILES string of the molecule is CCN(c1ccccc1)S(=O)(=O)c1ccccc1NC1=CC(=O)N(CCO)C1=O. The summed E-state index contributed by atoms with van der Waals surface area (Å²) < 4.78 is 27.9. The quantitative estimate of drug-likeness (QED) is 0.634. The van der Waals surface area contributed by atoms with E-state index in [2.05, 4.69) is 5.32 Å². The van der Waals surface area contributed by atoms with Gasteiger partial charge in [-0.15, -0.1) is 0 Å². The summed E-state index contributed by atoms with van der Waals surface area (Å²) in [7, 11) is -3.94. The van der Waals surface area contributed by atoms with Gasteiger partial charge in [0.2, 0.25) is 0 Å². The summed E-state index contributed by atoms with van der Waals surface area (Å²) in [6, 6.07) is 14.9. The first-order chi connectivity index (χ1) is 13.9. The number of aliphatic hydroxyl groups is 1. The largest absolute Gasteiger partial charge is 0.395 e. The first-order valence-electron chi connectivity index (χ1n) is 9.02. The van der Waals surface area contributed by atoms with Gasteiger partial charge in [-0.05, 0) is 31.2 Å². The first-order valence-corrected chi connectivity index (χ1v) is 10.5. The van der Waals surface area contributed by atoms with Crippen LogP contribution >= 0.6 is 0 Å². The second-order valence-corrected chi connectivity index (χ2v) is 8.03. The zero-order valence-corrected chi connectivity index (χ0v) is 16.6. The maximum absolute atomic E-state index is 13.3. The van der Waals surface area contributed by atoms with Crippen LogP contribution in [0.4, 0.5) is 11.4 Å². The number of sulfonamides is 1. The predicted molar refractivity (Wildman–Crippen MR) is 109 cm³/mol. The van der Waals surface area contributed by atoms with Crippen molar-refractivity contribution in [3.8, 4) is 0 Å². The van der Waals surface area contributed by atoms with Crippen LogP contribution in [-0.2, 0) is 19.6 Å². The van der Waals surface area contributed by atoms with Gasteiger partial charge in [0.1, 0.15) is 10.6 Å². The molecule has 3 rings (SSSR count). The number of β-amino-alcohol motifs (C(OH)–C–C–N with tert-alkyl or cyclic N) is 1. The summed E-state index contributed by atoms with van der Waals surface area (Å²) >= 11 is 0. The van der Waals surface area contributed by atoms with Crippen molar-refractivity contribution in [3.05, 3.63) is 66.4 Å². The Hall–Kier alpha value is -3.17. The molecule has 0 aliphatic carbocycles. The number of imide groups is 1. The van der Waals surface area contributed by atoms with Crippen LogP contribution in [0.2, 0.25) is 0 Å². The number of aliphatic hydroxyl groups excluding tert-OH is 1. The van der Waals surface area contributed by atoms with E-state index in [0.717, 1.165) is 11.0 Å². The molecule has 152 valence electrons. The zero-order valence-electron chi connectivity index (χ0n) is 15.8. The Morgan fingerprint density at radius 1 is 1.03 bits per heavy atom. The van der Waals surface area contributed by atoms with Gasteiger partial charge in [0.25, 0.3) is 21.8 Å². The van der Waals surface area contributed by atoms with Gasteiger partial charge >= 0.3 is 0 Å². The van der Waals surface area contributed by atoms with Gasteiger partial charge in [0.15, 0.2) is 0 Å². The van der Waals surface area contributed by atoms with E-state index in [1.807, 2.05) is 0 Å². The number of rotatable bonds is 8. The van der Waals surface area contributed by atoms with Crippen LogP contribution in [0.5, 0.6) is 0 Å². The van der Waals surface area contributed by atoms with Crippen LogP contribution in [0.3, 0.4) is 0 Å². The molecule has 2 amide bonds. The third kappa shape index (κ3) is 4.01. The minimum atomic E-state index is -3.94. The highest BCUT2D eigenvalue weighted by atomic mass is 32.2. The highest BCUT2D eigenvalue weighted by molar-refractivity contribution is 7.93. The predicted octanol–water partition coefficient (Wildman–Crippen LogP) is 1.56. The molecule has 1 aliphatic heterocycles. The maximum atomic E-state index is 13.3. The highest BCUT2D eigenvalue weighted by Crippen LogP contribution is 2.29. The molecule has 9 heteroatoms. The average Bonchev–Trinajstić information content (AvgIpc) is 2.97. The summed E-state index contributed by atoms with van der Waals surface area (Å²) in [6.45, 7) is 1.46. The molecule has 0 spiro atoms. The Morgan fingerprint density at radius 3 is 2.34 bits per heavy atom. The Kier molecular flexibility index (Phi) is 6.00. The number of anilines is 2. The average molecular weight is 415 g/mol. The van der Waals surface area contributed by atoms with Crippen molar-refractivity contribution < 1.29 is 23.1 Å². The van der Waals surface area contributed by atoms with Crippen LogP contribution in [0.25, 0.3) is 0 Å². The lowest BCUT2D eigenvalue weighted by atomic mass is 10.3. The lowest BCUT2D eigenvalue weighted by Gasteiger charge is -2.24. The molecule has 2 N–H and O–H groups in total. The van der Waals surface area contributed by atoms with Crippen molar-refractivity contribution in [2.75, 3.05) is 29.3 Å². The summed E-state index contributed by atoms with van der Waals surface area (Å²) in [5, 5.41) is 11.8. The second kappa shape index (κ2) is 8.46. The van der Waals surface area contributed by atoms with Crippen molar-refractivity contribution in [1.29, 1.82) is 0 Å². The van der Waals surface area contributed by atoms with Gasteiger partial charge in [0, 0.05) is 12.6 Å². The molecular weight excluding hydrogens is 394 g/mol. The number of benzene rings is 2. The van der Waals surface area contributed by atoms with Crippen molar-refractivity contribution in [3.63, 3.8) is 0 Å². The fraction of sp³-hybridized carbons (Fsp3) is 0.200. The molecule has 0 bridgehead atoms. The lowest BCUT2D eigenvalue weighted by molar-refractivity contribution is -0.137. The monoisotopic (exact) mass is 415 g/mol. The van der Waals surface area contributed by atoms with Crippen LogP contribution in [-0.4, -0.2) is 49.9 Å². The number of hydrogen-bond donors (Lipinski definition) is 2. The van der Waals surface area contributed by atoms with Gasteiger partial charge in [-0.3, -0.25) is 18.8 Å². The van der Waals surface area contributed by atoms with E-state index in [9.17, 15) is 18.0 Å². The molecule has 0 unspecified atom stereocenters. The molecule has 0 radical (unpaired) electrons. The number of nitrogens with zero attached hydrogens (tertiary/aromatic N) is 2. The third-order valence-corrected chi connectivity index (χ3v) is 6.35. The highest BCUT2D eigenvalue weighted by Gasteiger charge is 2.32. The van der Waals surface area contributed by atoms with Crippen molar-refractivity contribution in [2.24, 2.45) is 0 Å². The zero-order chi connectivity index (χ0) is 21.0. The van der Waals surface area contributed by atoms with E-state index < -0.39 is 21.8 Å². The van der Waals surface area contributed by atoms with Gasteiger partial charge in [-0.2, -0.15) is 0 Å². The van der Waals surface area contributed by atoms with Gasteiger partial charge in [0.05, 0.1) is 24.5 Å². The molecule has 0 saturated carbocycles. The van der Waals surface area contributed by atoms with Crippen molar-refractivity contribution >= 4 is 33.2 Å². The van der Waals surface area contributed by atoms with E-state index in [-0.39, 0.29) is 36.0 Å². The molecule has 8 nitrogen and oxygen atoms in total. The fourth-order valence-electron chi connectivity index (χ4n) is 3.05. The van der Waals surface area contributed by atoms with Crippen molar-refractivity contribution in [2.45, 2.75) is 11.8 Å². The molecule has 1 aliphatic rings. The van der Waals surface area contributed by atoms with Crippen LogP contribution in [0.1, 0.15) is 6.92 Å². The fourth-order valence-corrected chi connectivity index (χ4v) is 4.68. The van der Waals surface area contributed by atoms with E-state index in [1.54, 1.807) is 49.4 Å². The number of hydrogen-bond acceptors (Lipinski definition) is 6. The van der Waals surface area contributed by atoms with E-state index >= 15 is 0 Å². The standard InChI is InChI=1S/C20H21N3O5S/c1-2-23(15-8-4-3-5-9-15)29(27,28)18-11-7-6-10-16(18)21-17-14-19(25)22(12-13-24)20(17)26/h3-11,14,21,24H,2,12-13H2,1H3. The summed E-state index contributed by atoms with van der Waals surface area (Å²) in [4.78, 5) is 25.2. The molecule has 0 atom stereocenters. The van der Waals surface area contributed by atoms with E-state index in [4.69, 9.17) is 5.11 Å². The Labute approximate surface area is 169 Å². The van der Waals surface area contributed by atoms with Gasteiger partial charge in [-0.25, -0.2) is 8.42 Å².